The van der Waals surface area contributed by atoms with Gasteiger partial charge in [-0.2, -0.15) is 0 Å². The molecule has 0 aromatic heterocycles. The molecule has 2 aliphatic rings. The molecule has 2 fully saturated rings. The second kappa shape index (κ2) is 5.65. The van der Waals surface area contributed by atoms with Gasteiger partial charge in [-0.25, -0.2) is 0 Å². The lowest BCUT2D eigenvalue weighted by Gasteiger charge is -2.34. The van der Waals surface area contributed by atoms with Crippen molar-refractivity contribution >= 4 is 11.4 Å². The van der Waals surface area contributed by atoms with Crippen molar-refractivity contribution in [3.8, 4) is 0 Å². The zero-order valence-electron chi connectivity index (χ0n) is 12.7. The van der Waals surface area contributed by atoms with Crippen LogP contribution in [0.5, 0.6) is 0 Å². The average molecular weight is 274 g/mol. The van der Waals surface area contributed by atoms with Crippen LogP contribution < -0.4 is 10.2 Å². The SMILES string of the molecule is CC1(C)CCCC1Nc1ccccc1N1CCOCC1. The number of para-hydroxylation sites is 2. The number of benzene rings is 1. The third-order valence-electron chi connectivity index (χ3n) is 4.84. The summed E-state index contributed by atoms with van der Waals surface area (Å²) < 4.78 is 5.47. The molecular weight excluding hydrogens is 248 g/mol. The minimum atomic E-state index is 0.401. The first-order chi connectivity index (χ1) is 9.67. The monoisotopic (exact) mass is 274 g/mol. The third kappa shape index (κ3) is 2.78. The van der Waals surface area contributed by atoms with E-state index in [9.17, 15) is 0 Å². The van der Waals surface area contributed by atoms with Crippen molar-refractivity contribution in [3.05, 3.63) is 24.3 Å². The van der Waals surface area contributed by atoms with Gasteiger partial charge in [0.1, 0.15) is 0 Å². The molecule has 0 spiro atoms. The van der Waals surface area contributed by atoms with Crippen molar-refractivity contribution in [1.29, 1.82) is 0 Å². The highest BCUT2D eigenvalue weighted by atomic mass is 16.5. The zero-order valence-corrected chi connectivity index (χ0v) is 12.7. The highest BCUT2D eigenvalue weighted by Gasteiger charge is 2.34. The Kier molecular flexibility index (Phi) is 3.88. The number of nitrogens with one attached hydrogen (secondary N) is 1. The molecule has 1 saturated heterocycles. The van der Waals surface area contributed by atoms with E-state index in [4.69, 9.17) is 4.74 Å². The molecule has 1 saturated carbocycles. The van der Waals surface area contributed by atoms with E-state index in [2.05, 4.69) is 48.3 Å². The fourth-order valence-electron chi connectivity index (χ4n) is 3.46. The molecule has 1 aliphatic heterocycles. The van der Waals surface area contributed by atoms with Crippen LogP contribution in [0.4, 0.5) is 11.4 Å². The van der Waals surface area contributed by atoms with Gasteiger partial charge in [-0.3, -0.25) is 0 Å². The normalized spacial score (nSPS) is 25.7. The lowest BCUT2D eigenvalue weighted by Crippen LogP contribution is -2.37. The maximum Gasteiger partial charge on any atom is 0.0642 e. The van der Waals surface area contributed by atoms with Crippen LogP contribution in [0.1, 0.15) is 33.1 Å². The molecule has 1 heterocycles. The van der Waals surface area contributed by atoms with Gasteiger partial charge in [-0.15, -0.1) is 0 Å². The van der Waals surface area contributed by atoms with Gasteiger partial charge < -0.3 is 15.0 Å². The van der Waals surface area contributed by atoms with Gasteiger partial charge in [0, 0.05) is 19.1 Å². The first-order valence-corrected chi connectivity index (χ1v) is 7.85. The van der Waals surface area contributed by atoms with E-state index >= 15 is 0 Å². The van der Waals surface area contributed by atoms with Gasteiger partial charge in [0.15, 0.2) is 0 Å². The van der Waals surface area contributed by atoms with Crippen molar-refractivity contribution in [2.45, 2.75) is 39.2 Å². The van der Waals surface area contributed by atoms with Crippen LogP contribution in [-0.4, -0.2) is 32.3 Å². The molecule has 110 valence electrons. The number of nitrogens with zero attached hydrogens (tertiary/aromatic N) is 1. The van der Waals surface area contributed by atoms with Crippen LogP contribution >= 0.6 is 0 Å². The second-order valence-electron chi connectivity index (χ2n) is 6.69. The molecule has 3 heteroatoms. The first-order valence-electron chi connectivity index (χ1n) is 7.85. The maximum absolute atomic E-state index is 5.47. The maximum atomic E-state index is 5.47. The Bertz CT molecular complexity index is 452. The van der Waals surface area contributed by atoms with Gasteiger partial charge >= 0.3 is 0 Å². The van der Waals surface area contributed by atoms with Crippen molar-refractivity contribution in [2.24, 2.45) is 5.41 Å². The molecule has 1 atom stereocenters. The molecule has 1 unspecified atom stereocenters. The van der Waals surface area contributed by atoms with Crippen LogP contribution in [0.25, 0.3) is 0 Å². The topological polar surface area (TPSA) is 24.5 Å². The van der Waals surface area contributed by atoms with E-state index in [0.717, 1.165) is 26.3 Å². The summed E-state index contributed by atoms with van der Waals surface area (Å²) in [6, 6.07) is 9.31. The second-order valence-corrected chi connectivity index (χ2v) is 6.69. The first kappa shape index (κ1) is 13.7. The Morgan fingerprint density at radius 1 is 1.20 bits per heavy atom. The Labute approximate surface area is 122 Å². The number of hydrogen-bond acceptors (Lipinski definition) is 3. The summed E-state index contributed by atoms with van der Waals surface area (Å²) in [6.45, 7) is 8.43. The summed E-state index contributed by atoms with van der Waals surface area (Å²) in [4.78, 5) is 2.44. The Morgan fingerprint density at radius 2 is 1.95 bits per heavy atom. The summed E-state index contributed by atoms with van der Waals surface area (Å²) in [5.41, 5.74) is 3.02. The van der Waals surface area contributed by atoms with Gasteiger partial charge in [-0.1, -0.05) is 32.4 Å². The van der Waals surface area contributed by atoms with E-state index < -0.39 is 0 Å². The van der Waals surface area contributed by atoms with Gasteiger partial charge in [0.2, 0.25) is 0 Å². The molecule has 1 N–H and O–H groups in total. The van der Waals surface area contributed by atoms with Gasteiger partial charge in [-0.05, 0) is 30.4 Å². The molecular formula is C17H26N2O. The van der Waals surface area contributed by atoms with Crippen LogP contribution in [0.3, 0.4) is 0 Å². The van der Waals surface area contributed by atoms with Crippen molar-refractivity contribution in [2.75, 3.05) is 36.5 Å². The number of rotatable bonds is 3. The van der Waals surface area contributed by atoms with E-state index in [1.165, 1.54) is 30.6 Å². The van der Waals surface area contributed by atoms with Gasteiger partial charge in [0.25, 0.3) is 0 Å². The van der Waals surface area contributed by atoms with E-state index in [-0.39, 0.29) is 0 Å². The molecule has 3 rings (SSSR count). The Morgan fingerprint density at radius 3 is 2.65 bits per heavy atom. The van der Waals surface area contributed by atoms with E-state index in [0.29, 0.717) is 11.5 Å². The molecule has 3 nitrogen and oxygen atoms in total. The standard InChI is InChI=1S/C17H26N2O/c1-17(2)9-5-8-16(17)18-14-6-3-4-7-15(14)19-10-12-20-13-11-19/h3-4,6-7,16,18H,5,8-13H2,1-2H3. The van der Waals surface area contributed by atoms with E-state index in [1.54, 1.807) is 0 Å². The third-order valence-corrected chi connectivity index (χ3v) is 4.84. The molecule has 0 radical (unpaired) electrons. The van der Waals surface area contributed by atoms with Gasteiger partial charge in [0.05, 0.1) is 24.6 Å². The average Bonchev–Trinajstić information content (AvgIpc) is 2.80. The fraction of sp³-hybridized carbons (Fsp3) is 0.647. The summed E-state index contributed by atoms with van der Waals surface area (Å²) in [5, 5.41) is 3.81. The predicted octanol–water partition coefficient (Wildman–Crippen LogP) is 3.51. The smallest absolute Gasteiger partial charge is 0.0642 e. The highest BCUT2D eigenvalue weighted by molar-refractivity contribution is 5.70. The largest absolute Gasteiger partial charge is 0.380 e. The molecule has 1 aliphatic carbocycles. The molecule has 20 heavy (non-hydrogen) atoms. The van der Waals surface area contributed by atoms with Crippen LogP contribution in [0.2, 0.25) is 0 Å². The molecule has 1 aromatic carbocycles. The fourth-order valence-corrected chi connectivity index (χ4v) is 3.46. The predicted molar refractivity (Wildman–Crippen MR) is 84.5 cm³/mol. The van der Waals surface area contributed by atoms with Crippen LogP contribution in [0, 0.1) is 5.41 Å². The van der Waals surface area contributed by atoms with Crippen LogP contribution in [0.15, 0.2) is 24.3 Å². The summed E-state index contributed by atoms with van der Waals surface area (Å²) in [6.07, 6.45) is 3.94. The summed E-state index contributed by atoms with van der Waals surface area (Å²) in [5.74, 6) is 0. The quantitative estimate of drug-likeness (QED) is 0.913. The Balaban J connectivity index is 1.79. The summed E-state index contributed by atoms with van der Waals surface area (Å²) in [7, 11) is 0. The Hall–Kier alpha value is -1.22. The molecule has 0 amide bonds. The zero-order chi connectivity index (χ0) is 14.0. The van der Waals surface area contributed by atoms with Crippen molar-refractivity contribution in [3.63, 3.8) is 0 Å². The highest BCUT2D eigenvalue weighted by Crippen LogP contribution is 2.40. The van der Waals surface area contributed by atoms with Crippen molar-refractivity contribution < 1.29 is 4.74 Å². The molecule has 1 aromatic rings. The lowest BCUT2D eigenvalue weighted by atomic mass is 9.87. The minimum absolute atomic E-state index is 0.401. The van der Waals surface area contributed by atoms with Crippen molar-refractivity contribution in [1.82, 2.24) is 0 Å². The lowest BCUT2D eigenvalue weighted by molar-refractivity contribution is 0.123. The number of anilines is 2. The molecule has 0 bridgehead atoms. The number of hydrogen-bond donors (Lipinski definition) is 1. The number of ether oxygens (including phenoxy) is 1. The minimum Gasteiger partial charge on any atom is -0.380 e. The van der Waals surface area contributed by atoms with Crippen LogP contribution in [-0.2, 0) is 4.74 Å². The van der Waals surface area contributed by atoms with E-state index in [1.807, 2.05) is 0 Å². The summed E-state index contributed by atoms with van der Waals surface area (Å²) >= 11 is 0. The number of morpholine rings is 1.